The largest absolute Gasteiger partial charge is 0.481 e. The van der Waals surface area contributed by atoms with Gasteiger partial charge in [-0.15, -0.1) is 0 Å². The smallest absolute Gasteiger partial charge is 0.305 e. The third-order valence-electron chi connectivity index (χ3n) is 3.86. The maximum atomic E-state index is 12.3. The summed E-state index contributed by atoms with van der Waals surface area (Å²) in [5.74, 6) is -1.68. The van der Waals surface area contributed by atoms with E-state index in [0.29, 0.717) is 13.1 Å². The van der Waals surface area contributed by atoms with Gasteiger partial charge in [0.05, 0.1) is 18.4 Å². The summed E-state index contributed by atoms with van der Waals surface area (Å²) in [6.45, 7) is 2.85. The predicted octanol–water partition coefficient (Wildman–Crippen LogP) is 1.19. The van der Waals surface area contributed by atoms with Gasteiger partial charge in [-0.1, -0.05) is 30.3 Å². The van der Waals surface area contributed by atoms with Crippen LogP contribution in [0.4, 0.5) is 0 Å². The molecule has 0 aliphatic carbocycles. The third kappa shape index (κ3) is 3.84. The average molecular weight is 304 g/mol. The summed E-state index contributed by atoms with van der Waals surface area (Å²) < 4.78 is 0. The number of hydrogen-bond acceptors (Lipinski definition) is 3. The molecule has 2 unspecified atom stereocenters. The number of carbonyl (C=O) groups excluding carboxylic acids is 2. The van der Waals surface area contributed by atoms with Crippen LogP contribution in [-0.2, 0) is 14.4 Å². The summed E-state index contributed by atoms with van der Waals surface area (Å²) in [6, 6.07) is 8.41. The molecule has 22 heavy (non-hydrogen) atoms. The summed E-state index contributed by atoms with van der Waals surface area (Å²) in [5.41, 5.74) is 0.745. The maximum absolute atomic E-state index is 12.3. The van der Waals surface area contributed by atoms with E-state index in [1.165, 1.54) is 0 Å². The third-order valence-corrected chi connectivity index (χ3v) is 3.86. The summed E-state index contributed by atoms with van der Waals surface area (Å²) >= 11 is 0. The molecule has 2 atom stereocenters. The molecule has 0 aromatic heterocycles. The van der Waals surface area contributed by atoms with Gasteiger partial charge in [0.15, 0.2) is 0 Å². The molecule has 1 fully saturated rings. The van der Waals surface area contributed by atoms with Gasteiger partial charge in [0.2, 0.25) is 11.8 Å². The van der Waals surface area contributed by atoms with Crippen LogP contribution in [0.15, 0.2) is 30.3 Å². The number of carboxylic acid groups (broad SMARTS) is 1. The molecule has 0 bridgehead atoms. The molecule has 6 nitrogen and oxygen atoms in total. The first kappa shape index (κ1) is 16.0. The molecule has 1 aromatic carbocycles. The lowest BCUT2D eigenvalue weighted by molar-refractivity contribution is -0.138. The van der Waals surface area contributed by atoms with E-state index in [-0.39, 0.29) is 24.7 Å². The fourth-order valence-electron chi connectivity index (χ4n) is 2.66. The highest BCUT2D eigenvalue weighted by atomic mass is 16.4. The number of likely N-dealkylation sites (tertiary alicyclic amines) is 1. The molecule has 0 radical (unpaired) electrons. The van der Waals surface area contributed by atoms with Crippen molar-refractivity contribution >= 4 is 17.8 Å². The van der Waals surface area contributed by atoms with Crippen molar-refractivity contribution in [2.75, 3.05) is 13.1 Å². The van der Waals surface area contributed by atoms with Crippen LogP contribution < -0.4 is 5.32 Å². The lowest BCUT2D eigenvalue weighted by atomic mass is 10.0. The number of nitrogens with zero attached hydrogens (tertiary/aromatic N) is 1. The van der Waals surface area contributed by atoms with Crippen LogP contribution in [0.2, 0.25) is 0 Å². The molecule has 1 saturated heterocycles. The number of amides is 2. The number of nitrogens with one attached hydrogen (secondary N) is 1. The molecule has 1 aromatic rings. The Morgan fingerprint density at radius 3 is 2.59 bits per heavy atom. The molecule has 1 heterocycles. The van der Waals surface area contributed by atoms with Crippen LogP contribution in [0.25, 0.3) is 0 Å². The first-order chi connectivity index (χ1) is 10.5. The lowest BCUT2D eigenvalue weighted by Gasteiger charge is -2.20. The highest BCUT2D eigenvalue weighted by molar-refractivity contribution is 5.89. The normalized spacial score (nSPS) is 19.0. The van der Waals surface area contributed by atoms with E-state index in [0.717, 1.165) is 5.56 Å². The molecular weight excluding hydrogens is 284 g/mol. The molecule has 6 heteroatoms. The van der Waals surface area contributed by atoms with Crippen molar-refractivity contribution in [1.29, 1.82) is 0 Å². The molecule has 1 aliphatic rings. The van der Waals surface area contributed by atoms with Crippen LogP contribution in [-0.4, -0.2) is 40.9 Å². The Hall–Kier alpha value is -2.37. The molecule has 2 amide bonds. The zero-order chi connectivity index (χ0) is 16.1. The van der Waals surface area contributed by atoms with Crippen LogP contribution >= 0.6 is 0 Å². The van der Waals surface area contributed by atoms with Crippen molar-refractivity contribution in [2.24, 2.45) is 5.92 Å². The van der Waals surface area contributed by atoms with Crippen LogP contribution in [0, 0.1) is 5.92 Å². The van der Waals surface area contributed by atoms with Crippen molar-refractivity contribution in [3.05, 3.63) is 35.9 Å². The minimum atomic E-state index is -0.980. The summed E-state index contributed by atoms with van der Waals surface area (Å²) in [5, 5.41) is 11.8. The van der Waals surface area contributed by atoms with Gasteiger partial charge >= 0.3 is 5.97 Å². The Kier molecular flexibility index (Phi) is 5.14. The molecular formula is C16H20N2O4. The Bertz CT molecular complexity index is 559. The molecule has 118 valence electrons. The number of carboxylic acids is 1. The topological polar surface area (TPSA) is 86.7 Å². The monoisotopic (exact) mass is 304 g/mol. The average Bonchev–Trinajstić information content (AvgIpc) is 2.88. The quantitative estimate of drug-likeness (QED) is 0.826. The summed E-state index contributed by atoms with van der Waals surface area (Å²) in [6.07, 6.45) is 0.00215. The van der Waals surface area contributed by atoms with Crippen LogP contribution in [0.1, 0.15) is 31.4 Å². The van der Waals surface area contributed by atoms with E-state index in [1.807, 2.05) is 13.0 Å². The first-order valence-electron chi connectivity index (χ1n) is 7.36. The highest BCUT2D eigenvalue weighted by Gasteiger charge is 2.34. The minimum Gasteiger partial charge on any atom is -0.481 e. The Morgan fingerprint density at radius 2 is 2.05 bits per heavy atom. The van der Waals surface area contributed by atoms with Gasteiger partial charge in [0.1, 0.15) is 0 Å². The zero-order valence-corrected chi connectivity index (χ0v) is 12.5. The van der Waals surface area contributed by atoms with E-state index in [1.54, 1.807) is 29.2 Å². The van der Waals surface area contributed by atoms with E-state index in [2.05, 4.69) is 5.32 Å². The molecule has 2 rings (SSSR count). The Labute approximate surface area is 129 Å². The minimum absolute atomic E-state index is 0.0304. The summed E-state index contributed by atoms with van der Waals surface area (Å²) in [4.78, 5) is 36.7. The van der Waals surface area contributed by atoms with E-state index < -0.39 is 17.9 Å². The molecule has 1 aliphatic heterocycles. The SMILES string of the molecule is CCN1CC(C(=O)NC(CC(=O)O)c2ccccc2)CC1=O. The standard InChI is InChI=1S/C16H20N2O4/c1-2-18-10-12(8-14(18)19)16(22)17-13(9-15(20)21)11-6-4-3-5-7-11/h3-7,12-13H,2,8-10H2,1H3,(H,17,22)(H,20,21). The van der Waals surface area contributed by atoms with Gasteiger partial charge in [0, 0.05) is 19.5 Å². The fourth-order valence-corrected chi connectivity index (χ4v) is 2.66. The van der Waals surface area contributed by atoms with E-state index in [9.17, 15) is 14.4 Å². The molecule has 0 saturated carbocycles. The second-order valence-electron chi connectivity index (χ2n) is 5.40. The second-order valence-corrected chi connectivity index (χ2v) is 5.40. The number of rotatable bonds is 6. The van der Waals surface area contributed by atoms with Gasteiger partial charge in [0.25, 0.3) is 0 Å². The zero-order valence-electron chi connectivity index (χ0n) is 12.5. The Balaban J connectivity index is 2.06. The van der Waals surface area contributed by atoms with Gasteiger partial charge in [-0.3, -0.25) is 14.4 Å². The molecule has 2 N–H and O–H groups in total. The van der Waals surface area contributed by atoms with E-state index >= 15 is 0 Å². The number of benzene rings is 1. The van der Waals surface area contributed by atoms with Crippen molar-refractivity contribution in [2.45, 2.75) is 25.8 Å². The highest BCUT2D eigenvalue weighted by Crippen LogP contribution is 2.21. The maximum Gasteiger partial charge on any atom is 0.305 e. The summed E-state index contributed by atoms with van der Waals surface area (Å²) in [7, 11) is 0. The lowest BCUT2D eigenvalue weighted by Crippen LogP contribution is -2.36. The van der Waals surface area contributed by atoms with Crippen molar-refractivity contribution < 1.29 is 19.5 Å². The van der Waals surface area contributed by atoms with Crippen LogP contribution in [0.5, 0.6) is 0 Å². The number of aliphatic carboxylic acids is 1. The van der Waals surface area contributed by atoms with E-state index in [4.69, 9.17) is 5.11 Å². The van der Waals surface area contributed by atoms with Gasteiger partial charge in [-0.2, -0.15) is 0 Å². The second kappa shape index (κ2) is 7.06. The fraction of sp³-hybridized carbons (Fsp3) is 0.438. The Morgan fingerprint density at radius 1 is 1.36 bits per heavy atom. The van der Waals surface area contributed by atoms with Gasteiger partial charge in [-0.25, -0.2) is 0 Å². The number of hydrogen-bond donors (Lipinski definition) is 2. The van der Waals surface area contributed by atoms with Crippen molar-refractivity contribution in [3.63, 3.8) is 0 Å². The first-order valence-corrected chi connectivity index (χ1v) is 7.36. The van der Waals surface area contributed by atoms with Crippen LogP contribution in [0.3, 0.4) is 0 Å². The van der Waals surface area contributed by atoms with Crippen molar-refractivity contribution in [3.8, 4) is 0 Å². The van der Waals surface area contributed by atoms with Gasteiger partial charge < -0.3 is 15.3 Å². The van der Waals surface area contributed by atoms with Gasteiger partial charge in [-0.05, 0) is 12.5 Å². The molecule has 0 spiro atoms. The predicted molar refractivity (Wildman–Crippen MR) is 79.9 cm³/mol. The number of carbonyl (C=O) groups is 3. The van der Waals surface area contributed by atoms with Crippen molar-refractivity contribution in [1.82, 2.24) is 10.2 Å².